The Morgan fingerprint density at radius 2 is 2.00 bits per heavy atom. The van der Waals surface area contributed by atoms with Gasteiger partial charge >= 0.3 is 6.09 Å². The van der Waals surface area contributed by atoms with Gasteiger partial charge in [0.25, 0.3) is 0 Å². The first kappa shape index (κ1) is 11.6. The topological polar surface area (TPSA) is 40.5 Å². The maximum atomic E-state index is 11.0. The molecule has 1 N–H and O–H groups in total. The molecule has 0 aliphatic rings. The van der Waals surface area contributed by atoms with Crippen LogP contribution in [0.1, 0.15) is 6.92 Å². The summed E-state index contributed by atoms with van der Waals surface area (Å²) in [7, 11) is 0. The lowest BCUT2D eigenvalue weighted by Gasteiger charge is -2.19. The van der Waals surface area contributed by atoms with E-state index in [1.165, 1.54) is 4.90 Å². The summed E-state index contributed by atoms with van der Waals surface area (Å²) < 4.78 is 0. The normalized spacial score (nSPS) is 9.73. The highest BCUT2D eigenvalue weighted by Crippen LogP contribution is 2.18. The average Bonchev–Trinajstić information content (AvgIpc) is 2.15. The molecule has 0 aromatic heterocycles. The third-order valence-electron chi connectivity index (χ3n) is 1.80. The first-order chi connectivity index (χ1) is 7.00. The number of nitrogens with zero attached hydrogens (tertiary/aromatic N) is 1. The van der Waals surface area contributed by atoms with Crippen LogP contribution in [0.3, 0.4) is 0 Å². The van der Waals surface area contributed by atoms with E-state index in [-0.39, 0.29) is 6.54 Å². The summed E-state index contributed by atoms with van der Waals surface area (Å²) in [5, 5.41) is 9.58. The van der Waals surface area contributed by atoms with Crippen LogP contribution >= 0.6 is 11.6 Å². The molecule has 15 heavy (non-hydrogen) atoms. The van der Waals surface area contributed by atoms with Crippen molar-refractivity contribution in [1.82, 2.24) is 0 Å². The third kappa shape index (κ3) is 3.29. The summed E-state index contributed by atoms with van der Waals surface area (Å²) in [5.74, 6) is 0. The number of amides is 1. The molecule has 0 unspecified atom stereocenters. The van der Waals surface area contributed by atoms with E-state index in [4.69, 9.17) is 16.7 Å². The van der Waals surface area contributed by atoms with E-state index in [9.17, 15) is 4.79 Å². The monoisotopic (exact) mass is 225 g/mol. The van der Waals surface area contributed by atoms with Gasteiger partial charge in [-0.3, -0.25) is 4.90 Å². The molecule has 0 radical (unpaired) electrons. The number of anilines is 1. The van der Waals surface area contributed by atoms with Gasteiger partial charge in [-0.1, -0.05) is 23.8 Å². The first-order valence-corrected chi connectivity index (χ1v) is 4.79. The molecule has 0 heterocycles. The Morgan fingerprint density at radius 3 is 2.40 bits per heavy atom. The highest BCUT2D eigenvalue weighted by atomic mass is 35.5. The second kappa shape index (κ2) is 4.84. The Bertz CT molecular complexity index is 373. The van der Waals surface area contributed by atoms with E-state index in [2.05, 4.69) is 6.58 Å². The lowest BCUT2D eigenvalue weighted by atomic mass is 10.2. The van der Waals surface area contributed by atoms with E-state index in [1.54, 1.807) is 31.2 Å². The summed E-state index contributed by atoms with van der Waals surface area (Å²) in [6.45, 7) is 5.76. The minimum Gasteiger partial charge on any atom is -0.465 e. The largest absolute Gasteiger partial charge is 0.465 e. The zero-order valence-corrected chi connectivity index (χ0v) is 9.16. The number of halogens is 1. The van der Waals surface area contributed by atoms with Gasteiger partial charge in [0.15, 0.2) is 0 Å². The molecule has 0 aliphatic heterocycles. The van der Waals surface area contributed by atoms with Crippen LogP contribution in [-0.2, 0) is 0 Å². The SMILES string of the molecule is C=C(C)CN(C(=O)O)c1ccc(Cl)cc1. The zero-order valence-electron chi connectivity index (χ0n) is 8.40. The van der Waals surface area contributed by atoms with Gasteiger partial charge < -0.3 is 5.11 Å². The summed E-state index contributed by atoms with van der Waals surface area (Å²) in [5.41, 5.74) is 1.38. The zero-order chi connectivity index (χ0) is 11.4. The van der Waals surface area contributed by atoms with Crippen LogP contribution < -0.4 is 4.90 Å². The molecule has 0 saturated heterocycles. The standard InChI is InChI=1S/C11H12ClNO2/c1-8(2)7-13(11(14)15)10-5-3-9(12)4-6-10/h3-6H,1,7H2,2H3,(H,14,15). The van der Waals surface area contributed by atoms with Crippen molar-refractivity contribution in [2.24, 2.45) is 0 Å². The summed E-state index contributed by atoms with van der Waals surface area (Å²) in [4.78, 5) is 12.2. The Morgan fingerprint density at radius 1 is 1.47 bits per heavy atom. The molecule has 0 atom stereocenters. The number of hydrogen-bond acceptors (Lipinski definition) is 1. The molecule has 3 nitrogen and oxygen atoms in total. The van der Waals surface area contributed by atoms with Crippen molar-refractivity contribution < 1.29 is 9.90 Å². The number of benzene rings is 1. The molecular formula is C11H12ClNO2. The van der Waals surface area contributed by atoms with Gasteiger partial charge in [-0.2, -0.15) is 0 Å². The molecule has 0 spiro atoms. The minimum absolute atomic E-state index is 0.289. The molecule has 0 aliphatic carbocycles. The molecule has 1 rings (SSSR count). The summed E-state index contributed by atoms with van der Waals surface area (Å²) >= 11 is 5.72. The van der Waals surface area contributed by atoms with Crippen LogP contribution in [-0.4, -0.2) is 17.7 Å². The van der Waals surface area contributed by atoms with Gasteiger partial charge in [0.1, 0.15) is 0 Å². The Labute approximate surface area is 93.6 Å². The van der Waals surface area contributed by atoms with Crippen LogP contribution in [0.15, 0.2) is 36.4 Å². The second-order valence-electron chi connectivity index (χ2n) is 3.30. The van der Waals surface area contributed by atoms with Crippen LogP contribution in [0.25, 0.3) is 0 Å². The third-order valence-corrected chi connectivity index (χ3v) is 2.05. The van der Waals surface area contributed by atoms with E-state index < -0.39 is 6.09 Å². The quantitative estimate of drug-likeness (QED) is 0.801. The second-order valence-corrected chi connectivity index (χ2v) is 3.74. The fraction of sp³-hybridized carbons (Fsp3) is 0.182. The van der Waals surface area contributed by atoms with Gasteiger partial charge in [-0.05, 0) is 31.2 Å². The molecule has 1 amide bonds. The van der Waals surface area contributed by atoms with Gasteiger partial charge in [-0.15, -0.1) is 0 Å². The van der Waals surface area contributed by atoms with Crippen molar-refractivity contribution >= 4 is 23.4 Å². The maximum Gasteiger partial charge on any atom is 0.412 e. The summed E-state index contributed by atoms with van der Waals surface area (Å²) in [6, 6.07) is 6.65. The number of carboxylic acid groups (broad SMARTS) is 1. The summed E-state index contributed by atoms with van der Waals surface area (Å²) in [6.07, 6.45) is -1.000. The molecule has 80 valence electrons. The minimum atomic E-state index is -1.000. The van der Waals surface area contributed by atoms with Gasteiger partial charge in [0, 0.05) is 17.3 Å². The Balaban J connectivity index is 2.94. The number of hydrogen-bond donors (Lipinski definition) is 1. The van der Waals surface area contributed by atoms with Crippen LogP contribution in [0.4, 0.5) is 10.5 Å². The van der Waals surface area contributed by atoms with E-state index in [0.29, 0.717) is 10.7 Å². The van der Waals surface area contributed by atoms with Crippen LogP contribution in [0.2, 0.25) is 5.02 Å². The number of rotatable bonds is 3. The molecule has 1 aromatic carbocycles. The van der Waals surface area contributed by atoms with Gasteiger partial charge in [0.2, 0.25) is 0 Å². The van der Waals surface area contributed by atoms with Crippen molar-refractivity contribution in [2.75, 3.05) is 11.4 Å². The van der Waals surface area contributed by atoms with Crippen molar-refractivity contribution in [3.63, 3.8) is 0 Å². The van der Waals surface area contributed by atoms with E-state index >= 15 is 0 Å². The van der Waals surface area contributed by atoms with Crippen molar-refractivity contribution in [1.29, 1.82) is 0 Å². The van der Waals surface area contributed by atoms with Crippen molar-refractivity contribution in [3.8, 4) is 0 Å². The predicted molar refractivity (Wildman–Crippen MR) is 61.6 cm³/mol. The van der Waals surface area contributed by atoms with Crippen LogP contribution in [0.5, 0.6) is 0 Å². The smallest absolute Gasteiger partial charge is 0.412 e. The highest BCUT2D eigenvalue weighted by Gasteiger charge is 2.13. The Hall–Kier alpha value is -1.48. The number of carbonyl (C=O) groups is 1. The maximum absolute atomic E-state index is 11.0. The van der Waals surface area contributed by atoms with E-state index in [0.717, 1.165) is 5.57 Å². The molecule has 4 heteroatoms. The fourth-order valence-corrected chi connectivity index (χ4v) is 1.29. The molecule has 0 fully saturated rings. The molecular weight excluding hydrogens is 214 g/mol. The molecule has 0 saturated carbocycles. The fourth-order valence-electron chi connectivity index (χ4n) is 1.16. The predicted octanol–water partition coefficient (Wildman–Crippen LogP) is 3.40. The van der Waals surface area contributed by atoms with E-state index in [1.807, 2.05) is 0 Å². The lowest BCUT2D eigenvalue weighted by molar-refractivity contribution is 0.202. The average molecular weight is 226 g/mol. The van der Waals surface area contributed by atoms with Crippen LogP contribution in [0, 0.1) is 0 Å². The first-order valence-electron chi connectivity index (χ1n) is 4.41. The molecule has 1 aromatic rings. The highest BCUT2D eigenvalue weighted by molar-refractivity contribution is 6.30. The van der Waals surface area contributed by atoms with Crippen molar-refractivity contribution in [2.45, 2.75) is 6.92 Å². The van der Waals surface area contributed by atoms with Crippen molar-refractivity contribution in [3.05, 3.63) is 41.4 Å². The van der Waals surface area contributed by atoms with Gasteiger partial charge in [-0.25, -0.2) is 4.79 Å². The van der Waals surface area contributed by atoms with Gasteiger partial charge in [0.05, 0.1) is 0 Å². The molecule has 0 bridgehead atoms. The Kier molecular flexibility index (Phi) is 3.74. The lowest BCUT2D eigenvalue weighted by Crippen LogP contribution is -2.30.